The molecular formula is C15H17N3O2. The van der Waals surface area contributed by atoms with Gasteiger partial charge in [-0.1, -0.05) is 5.16 Å². The highest BCUT2D eigenvalue weighted by Crippen LogP contribution is 2.38. The molecule has 104 valence electrons. The fourth-order valence-electron chi connectivity index (χ4n) is 2.75. The summed E-state index contributed by atoms with van der Waals surface area (Å²) in [7, 11) is 3.71. The number of benzene rings is 1. The third kappa shape index (κ3) is 1.66. The lowest BCUT2D eigenvalue weighted by atomic mass is 10.1. The maximum absolute atomic E-state index is 5.67. The predicted octanol–water partition coefficient (Wildman–Crippen LogP) is 3.04. The summed E-state index contributed by atoms with van der Waals surface area (Å²) in [5, 5.41) is 4.86. The molecular weight excluding hydrogens is 254 g/mol. The van der Waals surface area contributed by atoms with Crippen molar-refractivity contribution >= 4 is 16.7 Å². The van der Waals surface area contributed by atoms with E-state index in [1.54, 1.807) is 13.2 Å². The van der Waals surface area contributed by atoms with Gasteiger partial charge in [0.15, 0.2) is 11.6 Å². The first-order valence-corrected chi connectivity index (χ1v) is 6.39. The molecule has 20 heavy (non-hydrogen) atoms. The van der Waals surface area contributed by atoms with Gasteiger partial charge in [0, 0.05) is 29.8 Å². The highest BCUT2D eigenvalue weighted by atomic mass is 16.5. The van der Waals surface area contributed by atoms with Crippen molar-refractivity contribution in [1.29, 1.82) is 0 Å². The minimum absolute atomic E-state index is 0.385. The summed E-state index contributed by atoms with van der Waals surface area (Å²) in [6.07, 6.45) is 0. The second-order valence-corrected chi connectivity index (χ2v) is 4.98. The smallest absolute Gasteiger partial charge is 0.171 e. The Hall–Kier alpha value is -2.43. The lowest BCUT2D eigenvalue weighted by molar-refractivity contribution is 0.415. The van der Waals surface area contributed by atoms with Gasteiger partial charge in [-0.25, -0.2) is 0 Å². The van der Waals surface area contributed by atoms with Crippen molar-refractivity contribution in [3.05, 3.63) is 29.5 Å². The number of hydrogen-bond acceptors (Lipinski definition) is 4. The average molecular weight is 271 g/mol. The second-order valence-electron chi connectivity index (χ2n) is 4.98. The zero-order chi connectivity index (χ0) is 14.4. The third-order valence-corrected chi connectivity index (χ3v) is 3.75. The molecule has 0 atom stereocenters. The van der Waals surface area contributed by atoms with E-state index >= 15 is 0 Å². The fourth-order valence-corrected chi connectivity index (χ4v) is 2.75. The van der Waals surface area contributed by atoms with Gasteiger partial charge in [0.1, 0.15) is 5.75 Å². The molecule has 5 nitrogen and oxygen atoms in total. The van der Waals surface area contributed by atoms with Crippen LogP contribution in [0, 0.1) is 13.8 Å². The van der Waals surface area contributed by atoms with Gasteiger partial charge in [-0.2, -0.15) is 0 Å². The molecule has 0 aliphatic carbocycles. The number of methoxy groups -OCH3 is 1. The fraction of sp³-hybridized carbons (Fsp3) is 0.267. The van der Waals surface area contributed by atoms with Crippen molar-refractivity contribution in [2.45, 2.75) is 13.8 Å². The highest BCUT2D eigenvalue weighted by Gasteiger charge is 2.19. The number of nitrogens with zero attached hydrogens (tertiary/aromatic N) is 2. The molecule has 0 saturated carbocycles. The molecule has 0 fully saturated rings. The van der Waals surface area contributed by atoms with Crippen LogP contribution in [0.4, 0.5) is 5.82 Å². The number of anilines is 1. The van der Waals surface area contributed by atoms with Gasteiger partial charge in [-0.15, -0.1) is 0 Å². The van der Waals surface area contributed by atoms with Crippen LogP contribution >= 0.6 is 0 Å². The Labute approximate surface area is 116 Å². The van der Waals surface area contributed by atoms with E-state index in [9.17, 15) is 0 Å². The summed E-state index contributed by atoms with van der Waals surface area (Å²) >= 11 is 0. The molecule has 0 saturated heterocycles. The molecule has 2 aromatic heterocycles. The number of nitrogen functional groups attached to an aromatic ring is 1. The molecule has 0 bridgehead atoms. The molecule has 2 heterocycles. The standard InChI is InChI=1S/C15H17N3O2/c1-8-5-10(19-4)6-11-14(9(2)18(3)15(8)11)12-7-13(16)17-20-12/h5-7H,1-4H3,(H2,16,17). The number of rotatable bonds is 2. The van der Waals surface area contributed by atoms with E-state index in [2.05, 4.69) is 23.6 Å². The Balaban J connectivity index is 2.42. The molecule has 0 unspecified atom stereocenters. The van der Waals surface area contributed by atoms with Crippen LogP contribution in [0.1, 0.15) is 11.3 Å². The monoisotopic (exact) mass is 271 g/mol. The van der Waals surface area contributed by atoms with Crippen LogP contribution in [0.3, 0.4) is 0 Å². The SMILES string of the molecule is COc1cc(C)c2c(c1)c(-c1cc(N)no1)c(C)n2C. The third-order valence-electron chi connectivity index (χ3n) is 3.75. The Morgan fingerprint density at radius 2 is 2.00 bits per heavy atom. The first-order valence-electron chi connectivity index (χ1n) is 6.39. The number of aryl methyl sites for hydroxylation is 2. The lowest BCUT2D eigenvalue weighted by Gasteiger charge is -2.05. The van der Waals surface area contributed by atoms with Crippen LogP contribution < -0.4 is 10.5 Å². The summed E-state index contributed by atoms with van der Waals surface area (Å²) < 4.78 is 12.9. The van der Waals surface area contributed by atoms with E-state index in [1.807, 2.05) is 19.2 Å². The molecule has 1 aromatic carbocycles. The number of nitrogens with two attached hydrogens (primary N) is 1. The molecule has 0 aliphatic rings. The maximum atomic E-state index is 5.67. The molecule has 0 aliphatic heterocycles. The summed E-state index contributed by atoms with van der Waals surface area (Å²) in [4.78, 5) is 0. The Morgan fingerprint density at radius 1 is 1.25 bits per heavy atom. The summed E-state index contributed by atoms with van der Waals surface area (Å²) in [5.74, 6) is 1.89. The normalized spacial score (nSPS) is 11.2. The first-order chi connectivity index (χ1) is 9.52. The van der Waals surface area contributed by atoms with Crippen molar-refractivity contribution in [3.8, 4) is 17.1 Å². The Bertz CT molecular complexity index is 799. The molecule has 3 aromatic rings. The second kappa shape index (κ2) is 4.30. The van der Waals surface area contributed by atoms with Crippen LogP contribution in [0.5, 0.6) is 5.75 Å². The van der Waals surface area contributed by atoms with E-state index in [0.717, 1.165) is 33.5 Å². The van der Waals surface area contributed by atoms with Crippen molar-refractivity contribution in [3.63, 3.8) is 0 Å². The van der Waals surface area contributed by atoms with Crippen molar-refractivity contribution < 1.29 is 9.26 Å². The number of aromatic nitrogens is 2. The quantitative estimate of drug-likeness (QED) is 0.778. The van der Waals surface area contributed by atoms with E-state index < -0.39 is 0 Å². The zero-order valence-electron chi connectivity index (χ0n) is 12.0. The van der Waals surface area contributed by atoms with Gasteiger partial charge in [-0.3, -0.25) is 0 Å². The van der Waals surface area contributed by atoms with Crippen molar-refractivity contribution in [1.82, 2.24) is 9.72 Å². The highest BCUT2D eigenvalue weighted by molar-refractivity contribution is 5.99. The van der Waals surface area contributed by atoms with E-state index in [4.69, 9.17) is 15.0 Å². The van der Waals surface area contributed by atoms with Gasteiger partial charge < -0.3 is 19.6 Å². The first kappa shape index (κ1) is 12.6. The summed E-state index contributed by atoms with van der Waals surface area (Å²) in [6, 6.07) is 5.79. The molecule has 0 spiro atoms. The number of ether oxygens (including phenoxy) is 1. The topological polar surface area (TPSA) is 66.2 Å². The van der Waals surface area contributed by atoms with Crippen LogP contribution in [-0.4, -0.2) is 16.8 Å². The van der Waals surface area contributed by atoms with Crippen LogP contribution in [0.25, 0.3) is 22.2 Å². The minimum Gasteiger partial charge on any atom is -0.497 e. The Kier molecular flexibility index (Phi) is 2.71. The number of fused-ring (bicyclic) bond motifs is 1. The summed E-state index contributed by atoms with van der Waals surface area (Å²) in [5.41, 5.74) is 10.1. The van der Waals surface area contributed by atoms with E-state index in [-0.39, 0.29) is 0 Å². The van der Waals surface area contributed by atoms with Crippen molar-refractivity contribution in [2.24, 2.45) is 7.05 Å². The Morgan fingerprint density at radius 3 is 2.60 bits per heavy atom. The maximum Gasteiger partial charge on any atom is 0.171 e. The molecule has 2 N–H and O–H groups in total. The molecule has 3 rings (SSSR count). The van der Waals surface area contributed by atoms with Gasteiger partial charge in [0.05, 0.1) is 12.6 Å². The van der Waals surface area contributed by atoms with Gasteiger partial charge in [0.2, 0.25) is 0 Å². The average Bonchev–Trinajstić information content (AvgIpc) is 2.93. The van der Waals surface area contributed by atoms with Crippen LogP contribution in [0.2, 0.25) is 0 Å². The predicted molar refractivity (Wildman–Crippen MR) is 78.9 cm³/mol. The zero-order valence-corrected chi connectivity index (χ0v) is 12.0. The van der Waals surface area contributed by atoms with Gasteiger partial charge in [0.25, 0.3) is 0 Å². The summed E-state index contributed by atoms with van der Waals surface area (Å²) in [6.45, 7) is 4.13. The number of hydrogen-bond donors (Lipinski definition) is 1. The molecule has 0 radical (unpaired) electrons. The van der Waals surface area contributed by atoms with Crippen LogP contribution in [0.15, 0.2) is 22.7 Å². The van der Waals surface area contributed by atoms with Crippen LogP contribution in [-0.2, 0) is 7.05 Å². The minimum atomic E-state index is 0.385. The van der Waals surface area contributed by atoms with Crippen molar-refractivity contribution in [2.75, 3.05) is 12.8 Å². The van der Waals surface area contributed by atoms with Gasteiger partial charge >= 0.3 is 0 Å². The molecule has 5 heteroatoms. The van der Waals surface area contributed by atoms with E-state index in [1.165, 1.54) is 0 Å². The molecule has 0 amide bonds. The van der Waals surface area contributed by atoms with Gasteiger partial charge in [-0.05, 0) is 31.5 Å². The lowest BCUT2D eigenvalue weighted by Crippen LogP contribution is -1.92. The largest absolute Gasteiger partial charge is 0.497 e. The van der Waals surface area contributed by atoms with E-state index in [0.29, 0.717) is 11.6 Å².